The third-order valence-corrected chi connectivity index (χ3v) is 2.42. The Morgan fingerprint density at radius 1 is 1.25 bits per heavy atom. The van der Waals surface area contributed by atoms with Crippen LogP contribution in [0.3, 0.4) is 0 Å². The molecule has 0 saturated carbocycles. The minimum absolute atomic E-state index is 0.205. The number of rotatable bonds is 6. The van der Waals surface area contributed by atoms with Gasteiger partial charge in [0.2, 0.25) is 11.8 Å². The van der Waals surface area contributed by atoms with Gasteiger partial charge in [-0.2, -0.15) is 13.2 Å². The number of amides is 4. The number of nitrogens with one attached hydrogen (secondary N) is 3. The molecule has 3 N–H and O–H groups in total. The van der Waals surface area contributed by atoms with Gasteiger partial charge in [0.15, 0.2) is 5.82 Å². The third kappa shape index (κ3) is 8.12. The average molecular weight is 351 g/mol. The lowest BCUT2D eigenvalue weighted by atomic mass is 10.4. The maximum Gasteiger partial charge on any atom is 0.405 e. The first-order valence-corrected chi connectivity index (χ1v) is 6.61. The van der Waals surface area contributed by atoms with E-state index < -0.39 is 30.6 Å². The van der Waals surface area contributed by atoms with Crippen molar-refractivity contribution in [3.8, 4) is 0 Å². The van der Waals surface area contributed by atoms with Gasteiger partial charge in [-0.05, 0) is 14.0 Å². The van der Waals surface area contributed by atoms with Crippen molar-refractivity contribution in [2.45, 2.75) is 13.1 Å². The molecule has 0 aliphatic carbocycles. The second-order valence-electron chi connectivity index (χ2n) is 4.89. The topological polar surface area (TPSA) is 117 Å². The minimum atomic E-state index is -4.57. The molecule has 9 nitrogen and oxygen atoms in total. The van der Waals surface area contributed by atoms with Crippen LogP contribution in [0.4, 0.5) is 23.8 Å². The SMILES string of the molecule is Cc1cc(NC(=O)CN(C)CC(=O)NC(=O)NCC(F)(F)F)no1. The summed E-state index contributed by atoms with van der Waals surface area (Å²) in [5, 5.41) is 9.19. The van der Waals surface area contributed by atoms with E-state index in [0.717, 1.165) is 0 Å². The Kier molecular flexibility index (Phi) is 6.70. The molecular weight excluding hydrogens is 335 g/mol. The fraction of sp³-hybridized carbons (Fsp3) is 0.500. The van der Waals surface area contributed by atoms with E-state index in [2.05, 4.69) is 10.5 Å². The summed E-state index contributed by atoms with van der Waals surface area (Å²) >= 11 is 0. The summed E-state index contributed by atoms with van der Waals surface area (Å²) in [7, 11) is 1.42. The normalized spacial score (nSPS) is 11.2. The number of alkyl halides is 3. The molecule has 0 aliphatic heterocycles. The van der Waals surface area contributed by atoms with E-state index in [-0.39, 0.29) is 18.9 Å². The number of hydrogen-bond acceptors (Lipinski definition) is 6. The lowest BCUT2D eigenvalue weighted by molar-refractivity contribution is -0.125. The number of nitrogens with zero attached hydrogens (tertiary/aromatic N) is 2. The summed E-state index contributed by atoms with van der Waals surface area (Å²) in [6.45, 7) is -0.487. The second-order valence-corrected chi connectivity index (χ2v) is 4.89. The van der Waals surface area contributed by atoms with E-state index in [1.807, 2.05) is 0 Å². The summed E-state index contributed by atoms with van der Waals surface area (Å²) < 4.78 is 40.4. The molecule has 134 valence electrons. The van der Waals surface area contributed by atoms with E-state index in [0.29, 0.717) is 5.76 Å². The van der Waals surface area contributed by atoms with Crippen LogP contribution in [0.15, 0.2) is 10.6 Å². The first-order valence-electron chi connectivity index (χ1n) is 6.61. The van der Waals surface area contributed by atoms with E-state index in [1.54, 1.807) is 12.2 Å². The molecule has 0 aromatic carbocycles. The Morgan fingerprint density at radius 3 is 2.42 bits per heavy atom. The maximum absolute atomic E-state index is 11.9. The van der Waals surface area contributed by atoms with Crippen LogP contribution in [0, 0.1) is 6.92 Å². The van der Waals surface area contributed by atoms with Gasteiger partial charge >= 0.3 is 12.2 Å². The van der Waals surface area contributed by atoms with Crippen LogP contribution in [0.25, 0.3) is 0 Å². The highest BCUT2D eigenvalue weighted by Gasteiger charge is 2.28. The zero-order valence-electron chi connectivity index (χ0n) is 12.9. The number of halogens is 3. The molecule has 4 amide bonds. The number of anilines is 1. The van der Waals surface area contributed by atoms with Crippen molar-refractivity contribution in [2.24, 2.45) is 0 Å². The van der Waals surface area contributed by atoms with Crippen LogP contribution in [-0.2, 0) is 9.59 Å². The van der Waals surface area contributed by atoms with Gasteiger partial charge in [0.05, 0.1) is 13.1 Å². The van der Waals surface area contributed by atoms with E-state index >= 15 is 0 Å². The van der Waals surface area contributed by atoms with Crippen LogP contribution in [0.1, 0.15) is 5.76 Å². The molecule has 0 spiro atoms. The molecular formula is C12H16F3N5O4. The summed E-state index contributed by atoms with van der Waals surface area (Å²) in [5.74, 6) is -0.632. The number of imide groups is 1. The van der Waals surface area contributed by atoms with Gasteiger partial charge in [0.25, 0.3) is 0 Å². The lowest BCUT2D eigenvalue weighted by Gasteiger charge is -2.15. The Labute approximate surface area is 134 Å². The fourth-order valence-electron chi connectivity index (χ4n) is 1.54. The Bertz CT molecular complexity index is 602. The number of hydrogen-bond donors (Lipinski definition) is 3. The predicted octanol–water partition coefficient (Wildman–Crippen LogP) is 0.241. The third-order valence-electron chi connectivity index (χ3n) is 2.42. The molecule has 0 bridgehead atoms. The fourth-order valence-corrected chi connectivity index (χ4v) is 1.54. The Hall–Kier alpha value is -2.63. The zero-order valence-corrected chi connectivity index (χ0v) is 12.9. The molecule has 1 aromatic heterocycles. The van der Waals surface area contributed by atoms with Crippen LogP contribution in [-0.4, -0.2) is 60.8 Å². The van der Waals surface area contributed by atoms with Crippen LogP contribution >= 0.6 is 0 Å². The van der Waals surface area contributed by atoms with Gasteiger partial charge in [0, 0.05) is 6.07 Å². The molecule has 0 unspecified atom stereocenters. The minimum Gasteiger partial charge on any atom is -0.360 e. The molecule has 1 aromatic rings. The van der Waals surface area contributed by atoms with Crippen molar-refractivity contribution in [3.05, 3.63) is 11.8 Å². The summed E-state index contributed by atoms with van der Waals surface area (Å²) in [6.07, 6.45) is -4.57. The van der Waals surface area contributed by atoms with E-state index in [9.17, 15) is 27.6 Å². The number of urea groups is 1. The Morgan fingerprint density at radius 2 is 1.88 bits per heavy atom. The Balaban J connectivity index is 2.30. The molecule has 0 aliphatic rings. The molecule has 0 radical (unpaired) electrons. The highest BCUT2D eigenvalue weighted by molar-refractivity contribution is 5.96. The van der Waals surface area contributed by atoms with Crippen LogP contribution in [0.5, 0.6) is 0 Å². The van der Waals surface area contributed by atoms with Gasteiger partial charge in [-0.3, -0.25) is 19.8 Å². The smallest absolute Gasteiger partial charge is 0.360 e. The number of carbonyl (C=O) groups excluding carboxylic acids is 3. The van der Waals surface area contributed by atoms with Gasteiger partial charge in [-0.1, -0.05) is 5.16 Å². The highest BCUT2D eigenvalue weighted by Crippen LogP contribution is 2.11. The molecule has 24 heavy (non-hydrogen) atoms. The van der Waals surface area contributed by atoms with Gasteiger partial charge < -0.3 is 15.2 Å². The van der Waals surface area contributed by atoms with Gasteiger partial charge in [-0.15, -0.1) is 0 Å². The average Bonchev–Trinajstić information content (AvgIpc) is 2.80. The van der Waals surface area contributed by atoms with E-state index in [4.69, 9.17) is 4.52 Å². The van der Waals surface area contributed by atoms with Gasteiger partial charge in [0.1, 0.15) is 12.3 Å². The van der Waals surface area contributed by atoms with Crippen molar-refractivity contribution in [1.82, 2.24) is 20.7 Å². The highest BCUT2D eigenvalue weighted by atomic mass is 19.4. The molecule has 12 heteroatoms. The molecule has 0 atom stereocenters. The monoisotopic (exact) mass is 351 g/mol. The molecule has 0 saturated heterocycles. The number of likely N-dealkylation sites (N-methyl/N-ethyl adjacent to an activating group) is 1. The van der Waals surface area contributed by atoms with Gasteiger partial charge in [-0.25, -0.2) is 4.79 Å². The molecule has 1 heterocycles. The largest absolute Gasteiger partial charge is 0.405 e. The maximum atomic E-state index is 11.9. The molecule has 0 fully saturated rings. The zero-order chi connectivity index (χ0) is 18.3. The van der Waals surface area contributed by atoms with Crippen molar-refractivity contribution < 1.29 is 32.1 Å². The second kappa shape index (κ2) is 8.29. The van der Waals surface area contributed by atoms with Crippen molar-refractivity contribution in [1.29, 1.82) is 0 Å². The van der Waals surface area contributed by atoms with Crippen LogP contribution in [0.2, 0.25) is 0 Å². The standard InChI is InChI=1S/C12H16F3N5O4/c1-7-3-8(19-24-7)17-9(21)4-20(2)5-10(22)18-11(23)16-6-12(13,14)15/h3H,4-6H2,1-2H3,(H,17,19,21)(H2,16,18,22,23). The van der Waals surface area contributed by atoms with Crippen LogP contribution < -0.4 is 16.0 Å². The summed E-state index contributed by atoms with van der Waals surface area (Å²) in [5.41, 5.74) is 0. The predicted molar refractivity (Wildman–Crippen MR) is 75.0 cm³/mol. The number of aryl methyl sites for hydroxylation is 1. The first kappa shape index (κ1) is 19.4. The summed E-state index contributed by atoms with van der Waals surface area (Å²) in [4.78, 5) is 35.5. The van der Waals surface area contributed by atoms with E-state index in [1.165, 1.54) is 23.3 Å². The number of aromatic nitrogens is 1. The van der Waals surface area contributed by atoms with Crippen molar-refractivity contribution in [3.63, 3.8) is 0 Å². The first-order chi connectivity index (χ1) is 11.0. The number of carbonyl (C=O) groups is 3. The van der Waals surface area contributed by atoms with Crippen molar-refractivity contribution in [2.75, 3.05) is 32.0 Å². The summed E-state index contributed by atoms with van der Waals surface area (Å²) in [6, 6.07) is 0.225. The van der Waals surface area contributed by atoms with Crippen molar-refractivity contribution >= 4 is 23.7 Å². The lowest BCUT2D eigenvalue weighted by Crippen LogP contribution is -2.47. The molecule has 1 rings (SSSR count). The quantitative estimate of drug-likeness (QED) is 0.676.